The number of nitrogens with zero attached hydrogens (tertiary/aromatic N) is 4. The molecule has 0 aliphatic carbocycles. The fraction of sp³-hybridized carbons (Fsp3) is 0.414. The Morgan fingerprint density at radius 3 is 2.43 bits per heavy atom. The number of aromatic nitrogens is 2. The first kappa shape index (κ1) is 25.9. The predicted molar refractivity (Wildman–Crippen MR) is 146 cm³/mol. The van der Waals surface area contributed by atoms with Crippen LogP contribution in [-0.2, 0) is 16.6 Å². The van der Waals surface area contributed by atoms with Crippen molar-refractivity contribution in [1.29, 1.82) is 0 Å². The first-order valence-corrected chi connectivity index (χ1v) is 14.4. The molecule has 3 aromatic rings. The molecule has 0 radical (unpaired) electrons. The van der Waals surface area contributed by atoms with Crippen molar-refractivity contribution in [3.8, 4) is 11.1 Å². The zero-order chi connectivity index (χ0) is 26.3. The van der Waals surface area contributed by atoms with Crippen molar-refractivity contribution in [2.45, 2.75) is 57.1 Å². The minimum atomic E-state index is -3.72. The third kappa shape index (κ3) is 4.46. The maximum atomic E-state index is 13.7. The lowest BCUT2D eigenvalue weighted by molar-refractivity contribution is -0.0415. The zero-order valence-electron chi connectivity index (χ0n) is 22.0. The van der Waals surface area contributed by atoms with Crippen LogP contribution in [0.1, 0.15) is 35.2 Å². The average Bonchev–Trinajstić information content (AvgIpc) is 3.26. The standard InChI is InChI=1S/C29H36N4O3S/c1-5-33-22(4)28(17-30-33)37(35,36)31-15-6-7-16-32-26(18-31)29(27(32)19-34)24-13-11-23(12-14-24)25-10-8-9-20(2)21(25)3/h6-14,17,26-27,29,34H,5,15-16,18-19H2,1-4H3/b7-6-/t26?,27-,29+/m1/s1. The Morgan fingerprint density at radius 1 is 1.03 bits per heavy atom. The molecule has 1 fully saturated rings. The van der Waals surface area contributed by atoms with Crippen molar-refractivity contribution in [3.63, 3.8) is 0 Å². The van der Waals surface area contributed by atoms with Crippen LogP contribution in [0.3, 0.4) is 0 Å². The Balaban J connectivity index is 1.45. The molecule has 37 heavy (non-hydrogen) atoms. The van der Waals surface area contributed by atoms with Crippen LogP contribution in [0.4, 0.5) is 0 Å². The lowest BCUT2D eigenvalue weighted by atomic mass is 9.74. The van der Waals surface area contributed by atoms with Crippen molar-refractivity contribution in [1.82, 2.24) is 19.0 Å². The van der Waals surface area contributed by atoms with Crippen LogP contribution in [0.5, 0.6) is 0 Å². The number of sulfonamides is 1. The Kier molecular flexibility index (Phi) is 7.11. The summed E-state index contributed by atoms with van der Waals surface area (Å²) in [6.07, 6.45) is 5.39. The molecule has 2 aliphatic rings. The molecule has 196 valence electrons. The molecule has 2 aliphatic heterocycles. The third-order valence-electron chi connectivity index (χ3n) is 8.24. The molecular formula is C29H36N4O3S. The molecule has 5 rings (SSSR count). The van der Waals surface area contributed by atoms with Crippen molar-refractivity contribution in [3.05, 3.63) is 83.2 Å². The summed E-state index contributed by atoms with van der Waals surface area (Å²) in [6.45, 7) is 10.1. The molecule has 1 saturated heterocycles. The first-order chi connectivity index (χ1) is 17.8. The first-order valence-electron chi connectivity index (χ1n) is 13.0. The number of aryl methyl sites for hydroxylation is 2. The predicted octanol–water partition coefficient (Wildman–Crippen LogP) is 3.88. The molecule has 0 spiro atoms. The topological polar surface area (TPSA) is 78.7 Å². The van der Waals surface area contributed by atoms with E-state index < -0.39 is 10.0 Å². The summed E-state index contributed by atoms with van der Waals surface area (Å²) in [6, 6.07) is 14.9. The minimum Gasteiger partial charge on any atom is -0.395 e. The van der Waals surface area contributed by atoms with Crippen molar-refractivity contribution >= 4 is 10.0 Å². The van der Waals surface area contributed by atoms with Crippen LogP contribution >= 0.6 is 0 Å². The number of fused-ring (bicyclic) bond motifs is 1. The highest BCUT2D eigenvalue weighted by atomic mass is 32.2. The van der Waals surface area contributed by atoms with E-state index >= 15 is 0 Å². The monoisotopic (exact) mass is 520 g/mol. The summed E-state index contributed by atoms with van der Waals surface area (Å²) in [5, 5.41) is 14.5. The van der Waals surface area contributed by atoms with E-state index in [9.17, 15) is 13.5 Å². The van der Waals surface area contributed by atoms with Crippen LogP contribution in [0.25, 0.3) is 11.1 Å². The molecule has 1 unspecified atom stereocenters. The van der Waals surface area contributed by atoms with Crippen molar-refractivity contribution in [2.24, 2.45) is 0 Å². The highest BCUT2D eigenvalue weighted by Crippen LogP contribution is 2.42. The summed E-state index contributed by atoms with van der Waals surface area (Å²) in [5.74, 6) is 0.0429. The molecule has 0 bridgehead atoms. The molecule has 3 heterocycles. The van der Waals surface area contributed by atoms with Gasteiger partial charge in [-0.25, -0.2) is 8.42 Å². The highest BCUT2D eigenvalue weighted by molar-refractivity contribution is 7.89. The van der Waals surface area contributed by atoms with Gasteiger partial charge in [-0.2, -0.15) is 9.40 Å². The Morgan fingerprint density at radius 2 is 1.76 bits per heavy atom. The number of aliphatic hydroxyl groups excluding tert-OH is 1. The molecule has 3 atom stereocenters. The van der Waals surface area contributed by atoms with Gasteiger partial charge in [0.15, 0.2) is 0 Å². The van der Waals surface area contributed by atoms with Gasteiger partial charge in [0.05, 0.1) is 18.5 Å². The summed E-state index contributed by atoms with van der Waals surface area (Å²) in [4.78, 5) is 2.49. The maximum absolute atomic E-state index is 13.7. The number of aliphatic hydroxyl groups is 1. The zero-order valence-corrected chi connectivity index (χ0v) is 22.8. The van der Waals surface area contributed by atoms with E-state index in [4.69, 9.17) is 0 Å². The SMILES string of the molecule is CCn1ncc(S(=O)(=O)N2C/C=C\CN3C(C2)[C@H](c2ccc(-c4cccc(C)c4C)cc2)[C@H]3CO)c1C. The van der Waals surface area contributed by atoms with E-state index in [1.807, 2.05) is 19.1 Å². The number of hydrogen-bond acceptors (Lipinski definition) is 5. The van der Waals surface area contributed by atoms with E-state index in [0.29, 0.717) is 31.9 Å². The van der Waals surface area contributed by atoms with Crippen LogP contribution < -0.4 is 0 Å². The van der Waals surface area contributed by atoms with Crippen LogP contribution in [0.15, 0.2) is 65.7 Å². The van der Waals surface area contributed by atoms with Crippen molar-refractivity contribution in [2.75, 3.05) is 26.2 Å². The van der Waals surface area contributed by atoms with Gasteiger partial charge in [-0.15, -0.1) is 0 Å². The molecular weight excluding hydrogens is 484 g/mol. The quantitative estimate of drug-likeness (QED) is 0.499. The normalized spacial score (nSPS) is 23.6. The van der Waals surface area contributed by atoms with Gasteiger partial charge in [0.1, 0.15) is 4.90 Å². The fourth-order valence-electron chi connectivity index (χ4n) is 5.92. The maximum Gasteiger partial charge on any atom is 0.246 e. The Hall–Kier alpha value is -2.78. The Labute approximate surface area is 220 Å². The molecule has 1 N–H and O–H groups in total. The van der Waals surface area contributed by atoms with Gasteiger partial charge in [-0.3, -0.25) is 9.58 Å². The number of rotatable bonds is 6. The van der Waals surface area contributed by atoms with Gasteiger partial charge in [-0.05, 0) is 55.5 Å². The van der Waals surface area contributed by atoms with E-state index in [2.05, 4.69) is 66.3 Å². The second kappa shape index (κ2) is 10.2. The van der Waals surface area contributed by atoms with Gasteiger partial charge in [0.25, 0.3) is 0 Å². The van der Waals surface area contributed by atoms with E-state index in [0.717, 1.165) is 11.1 Å². The summed E-state index contributed by atoms with van der Waals surface area (Å²) in [7, 11) is -3.72. The van der Waals surface area contributed by atoms with Gasteiger partial charge >= 0.3 is 0 Å². The summed E-state index contributed by atoms with van der Waals surface area (Å²) >= 11 is 0. The van der Waals surface area contributed by atoms with Gasteiger partial charge < -0.3 is 5.11 Å². The van der Waals surface area contributed by atoms with E-state index in [-0.39, 0.29) is 29.5 Å². The molecule has 7 nitrogen and oxygen atoms in total. The van der Waals surface area contributed by atoms with Gasteiger partial charge in [0, 0.05) is 44.2 Å². The minimum absolute atomic E-state index is 0.0232. The average molecular weight is 521 g/mol. The smallest absolute Gasteiger partial charge is 0.246 e. The molecule has 8 heteroatoms. The Bertz CT molecular complexity index is 1410. The van der Waals surface area contributed by atoms with Gasteiger partial charge in [0.2, 0.25) is 10.0 Å². The second-order valence-electron chi connectivity index (χ2n) is 10.1. The lowest BCUT2D eigenvalue weighted by Crippen LogP contribution is -2.67. The highest BCUT2D eigenvalue weighted by Gasteiger charge is 2.50. The van der Waals surface area contributed by atoms with Crippen LogP contribution in [-0.4, -0.2) is 70.8 Å². The molecule has 0 amide bonds. The lowest BCUT2D eigenvalue weighted by Gasteiger charge is -2.56. The molecule has 2 aromatic carbocycles. The summed E-state index contributed by atoms with van der Waals surface area (Å²) in [5.41, 5.74) is 6.71. The van der Waals surface area contributed by atoms with Gasteiger partial charge in [-0.1, -0.05) is 54.6 Å². The van der Waals surface area contributed by atoms with Crippen LogP contribution in [0.2, 0.25) is 0 Å². The van der Waals surface area contributed by atoms with E-state index in [1.165, 1.54) is 22.9 Å². The van der Waals surface area contributed by atoms with Crippen molar-refractivity contribution < 1.29 is 13.5 Å². The molecule has 0 saturated carbocycles. The third-order valence-corrected chi connectivity index (χ3v) is 10.2. The fourth-order valence-corrected chi connectivity index (χ4v) is 7.49. The van der Waals surface area contributed by atoms with Crippen LogP contribution in [0, 0.1) is 20.8 Å². The second-order valence-corrected chi connectivity index (χ2v) is 12.0. The summed E-state index contributed by atoms with van der Waals surface area (Å²) < 4.78 is 30.7. The number of hydrogen-bond donors (Lipinski definition) is 1. The number of benzene rings is 2. The molecule has 1 aromatic heterocycles. The van der Waals surface area contributed by atoms with E-state index in [1.54, 1.807) is 15.9 Å². The largest absolute Gasteiger partial charge is 0.395 e.